The fraction of sp³-hybridized carbons (Fsp3) is 0.455. The van der Waals surface area contributed by atoms with Crippen molar-refractivity contribution in [3.8, 4) is 11.1 Å². The summed E-state index contributed by atoms with van der Waals surface area (Å²) in [6.07, 6.45) is -7.98. The van der Waals surface area contributed by atoms with Crippen molar-refractivity contribution in [3.05, 3.63) is 59.7 Å². The first-order chi connectivity index (χ1) is 22.8. The molecule has 258 valence electrons. The Morgan fingerprint density at radius 3 is 1.88 bits per heavy atom. The third-order valence-corrected chi connectivity index (χ3v) is 7.77. The van der Waals surface area contributed by atoms with Gasteiger partial charge in [0.15, 0.2) is 24.5 Å². The standard InChI is InChI=1S/C33H38N2O13/c1-16(27(31(40)41)35-33(42)44-14-25-23-12-8-6-10-21(23)22-11-7-9-13-24(22)25)45-32-28(34-17(2)36)30(47-20(5)39)29(46-19(4)38)26(48-32)15-43-18(3)37/h6-13,16,25-30,32H,14-15H2,1-5H3,(H,34,36)(H,35,42)(H,40,41)/t16-,26-,27+,28-,29+,30-,32-/m1/s1. The topological polar surface area (TPSA) is 202 Å². The van der Waals surface area contributed by atoms with Crippen LogP contribution in [0.25, 0.3) is 11.1 Å². The molecular formula is C33H38N2O13. The number of carbonyl (C=O) groups excluding carboxylic acids is 5. The van der Waals surface area contributed by atoms with Crippen molar-refractivity contribution in [1.29, 1.82) is 0 Å². The molecule has 2 amide bonds. The maximum Gasteiger partial charge on any atom is 0.407 e. The lowest BCUT2D eigenvalue weighted by molar-refractivity contribution is -0.287. The van der Waals surface area contributed by atoms with Gasteiger partial charge in [0.05, 0.1) is 6.10 Å². The summed E-state index contributed by atoms with van der Waals surface area (Å²) in [7, 11) is 0. The number of carboxylic acid groups (broad SMARTS) is 1. The second-order valence-electron chi connectivity index (χ2n) is 11.3. The first-order valence-corrected chi connectivity index (χ1v) is 15.2. The van der Waals surface area contributed by atoms with Gasteiger partial charge in [-0.15, -0.1) is 0 Å². The quantitative estimate of drug-likeness (QED) is 0.219. The molecule has 0 spiro atoms. The maximum atomic E-state index is 13.0. The highest BCUT2D eigenvalue weighted by molar-refractivity contribution is 5.81. The predicted octanol–water partition coefficient (Wildman–Crippen LogP) is 2.04. The van der Waals surface area contributed by atoms with Gasteiger partial charge in [0, 0.05) is 33.6 Å². The molecule has 4 rings (SSSR count). The predicted molar refractivity (Wildman–Crippen MR) is 164 cm³/mol. The number of carbonyl (C=O) groups is 6. The molecule has 0 radical (unpaired) electrons. The molecular weight excluding hydrogens is 632 g/mol. The number of hydrogen-bond donors (Lipinski definition) is 3. The van der Waals surface area contributed by atoms with E-state index in [1.165, 1.54) is 6.92 Å². The van der Waals surface area contributed by atoms with Gasteiger partial charge in [-0.05, 0) is 29.2 Å². The van der Waals surface area contributed by atoms with Crippen LogP contribution < -0.4 is 10.6 Å². The second-order valence-corrected chi connectivity index (χ2v) is 11.3. The molecule has 0 aromatic heterocycles. The zero-order chi connectivity index (χ0) is 35.1. The largest absolute Gasteiger partial charge is 0.480 e. The number of aliphatic carboxylic acids is 1. The Kier molecular flexibility index (Phi) is 11.7. The number of amides is 2. The smallest absolute Gasteiger partial charge is 0.407 e. The van der Waals surface area contributed by atoms with Crippen LogP contribution in [0.4, 0.5) is 4.79 Å². The van der Waals surface area contributed by atoms with E-state index >= 15 is 0 Å². The zero-order valence-corrected chi connectivity index (χ0v) is 27.0. The molecule has 15 nitrogen and oxygen atoms in total. The summed E-state index contributed by atoms with van der Waals surface area (Å²) in [5.74, 6) is -4.67. The SMILES string of the molecule is CC(=O)N[C@H]1[C@H](O[C@H](C)[C@H](NC(=O)OCC2c3ccccc3-c3ccccc32)C(=O)O)O[C@H](COC(C)=O)[C@H](OC(C)=O)[C@@H]1OC(C)=O. The Balaban J connectivity index is 1.52. The van der Waals surface area contributed by atoms with E-state index in [2.05, 4.69) is 10.6 Å². The van der Waals surface area contributed by atoms with Gasteiger partial charge in [-0.25, -0.2) is 9.59 Å². The van der Waals surface area contributed by atoms with Crippen LogP contribution in [0.1, 0.15) is 51.7 Å². The van der Waals surface area contributed by atoms with Crippen molar-refractivity contribution in [2.24, 2.45) is 0 Å². The number of fused-ring (bicyclic) bond motifs is 3. The van der Waals surface area contributed by atoms with Gasteiger partial charge in [0.2, 0.25) is 5.91 Å². The molecule has 1 aliphatic heterocycles. The first-order valence-electron chi connectivity index (χ1n) is 15.2. The molecule has 2 aromatic rings. The lowest BCUT2D eigenvalue weighted by atomic mass is 9.95. The normalized spacial score (nSPS) is 22.6. The summed E-state index contributed by atoms with van der Waals surface area (Å²) >= 11 is 0. The van der Waals surface area contributed by atoms with Crippen LogP contribution in [0.3, 0.4) is 0 Å². The Morgan fingerprint density at radius 2 is 1.35 bits per heavy atom. The second kappa shape index (κ2) is 15.7. The number of rotatable bonds is 12. The monoisotopic (exact) mass is 670 g/mol. The summed E-state index contributed by atoms with van der Waals surface area (Å²) in [6.45, 7) is 5.26. The minimum Gasteiger partial charge on any atom is -0.480 e. The van der Waals surface area contributed by atoms with Crippen LogP contribution in [0.5, 0.6) is 0 Å². The van der Waals surface area contributed by atoms with E-state index in [4.69, 9.17) is 28.4 Å². The van der Waals surface area contributed by atoms with Crippen LogP contribution in [0, 0.1) is 0 Å². The molecule has 0 saturated carbocycles. The summed E-state index contributed by atoms with van der Waals surface area (Å²) < 4.78 is 33.2. The van der Waals surface area contributed by atoms with Gasteiger partial charge in [0.1, 0.15) is 25.4 Å². The van der Waals surface area contributed by atoms with E-state index in [0.717, 1.165) is 49.9 Å². The van der Waals surface area contributed by atoms with Gasteiger partial charge in [-0.1, -0.05) is 48.5 Å². The molecule has 3 N–H and O–H groups in total. The summed E-state index contributed by atoms with van der Waals surface area (Å²) in [5.41, 5.74) is 3.97. The van der Waals surface area contributed by atoms with E-state index < -0.39 is 85.3 Å². The van der Waals surface area contributed by atoms with Crippen LogP contribution in [-0.4, -0.2) is 97.0 Å². The number of carboxylic acids is 1. The number of ether oxygens (including phenoxy) is 6. The molecule has 1 fully saturated rings. The lowest BCUT2D eigenvalue weighted by Crippen LogP contribution is -2.67. The highest BCUT2D eigenvalue weighted by atomic mass is 16.7. The van der Waals surface area contributed by atoms with Crippen LogP contribution in [0.15, 0.2) is 48.5 Å². The Hall–Kier alpha value is -5.02. The van der Waals surface area contributed by atoms with Gasteiger partial charge >= 0.3 is 30.0 Å². The van der Waals surface area contributed by atoms with E-state index in [0.29, 0.717) is 0 Å². The molecule has 1 saturated heterocycles. The van der Waals surface area contributed by atoms with Crippen molar-refractivity contribution in [1.82, 2.24) is 10.6 Å². The van der Waals surface area contributed by atoms with Gasteiger partial charge < -0.3 is 44.2 Å². The minimum absolute atomic E-state index is 0.0722. The van der Waals surface area contributed by atoms with Crippen LogP contribution in [-0.2, 0) is 52.4 Å². The molecule has 15 heteroatoms. The average Bonchev–Trinajstić information content (AvgIpc) is 3.33. The molecule has 0 bridgehead atoms. The van der Waals surface area contributed by atoms with E-state index in [1.807, 2.05) is 48.5 Å². The van der Waals surface area contributed by atoms with Crippen molar-refractivity contribution < 1.29 is 62.3 Å². The average molecular weight is 671 g/mol. The van der Waals surface area contributed by atoms with Crippen LogP contribution in [0.2, 0.25) is 0 Å². The van der Waals surface area contributed by atoms with Crippen molar-refractivity contribution >= 4 is 35.9 Å². The molecule has 2 aromatic carbocycles. The third kappa shape index (κ3) is 8.66. The summed E-state index contributed by atoms with van der Waals surface area (Å²) in [6, 6.07) is 12.4. The maximum absolute atomic E-state index is 13.0. The van der Waals surface area contributed by atoms with E-state index in [1.54, 1.807) is 0 Å². The molecule has 48 heavy (non-hydrogen) atoms. The van der Waals surface area contributed by atoms with Gasteiger partial charge in [-0.2, -0.15) is 0 Å². The van der Waals surface area contributed by atoms with Crippen molar-refractivity contribution in [2.45, 2.75) is 83.3 Å². The fourth-order valence-electron chi connectivity index (χ4n) is 5.84. The molecule has 2 aliphatic rings. The number of alkyl carbamates (subject to hydrolysis) is 1. The third-order valence-electron chi connectivity index (χ3n) is 7.77. The first kappa shape index (κ1) is 35.8. The summed E-state index contributed by atoms with van der Waals surface area (Å²) in [4.78, 5) is 73.2. The lowest BCUT2D eigenvalue weighted by Gasteiger charge is -2.45. The van der Waals surface area contributed by atoms with Crippen molar-refractivity contribution in [3.63, 3.8) is 0 Å². The highest BCUT2D eigenvalue weighted by Crippen LogP contribution is 2.44. The zero-order valence-electron chi connectivity index (χ0n) is 27.0. The molecule has 1 heterocycles. The summed E-state index contributed by atoms with van der Waals surface area (Å²) in [5, 5.41) is 14.9. The molecule has 7 atom stereocenters. The number of nitrogens with one attached hydrogen (secondary N) is 2. The van der Waals surface area contributed by atoms with Crippen molar-refractivity contribution in [2.75, 3.05) is 13.2 Å². The molecule has 0 unspecified atom stereocenters. The number of esters is 3. The highest BCUT2D eigenvalue weighted by Gasteiger charge is 2.52. The molecule has 1 aliphatic carbocycles. The fourth-order valence-corrected chi connectivity index (χ4v) is 5.84. The van der Waals surface area contributed by atoms with Gasteiger partial charge in [-0.3, -0.25) is 19.2 Å². The van der Waals surface area contributed by atoms with E-state index in [-0.39, 0.29) is 12.5 Å². The number of hydrogen-bond acceptors (Lipinski definition) is 12. The Labute approximate surface area is 276 Å². The Morgan fingerprint density at radius 1 is 0.792 bits per heavy atom. The van der Waals surface area contributed by atoms with Crippen LogP contribution >= 0.6 is 0 Å². The minimum atomic E-state index is -1.69. The Bertz CT molecular complexity index is 1500. The van der Waals surface area contributed by atoms with E-state index in [9.17, 15) is 33.9 Å². The van der Waals surface area contributed by atoms with Gasteiger partial charge in [0.25, 0.3) is 0 Å². The number of benzene rings is 2.